The fourth-order valence-corrected chi connectivity index (χ4v) is 1.94. The number of amidine groups is 1. The first-order valence-corrected chi connectivity index (χ1v) is 7.40. The minimum atomic E-state index is -1.89. The van der Waals surface area contributed by atoms with Crippen LogP contribution < -0.4 is 5.32 Å². The number of nitrogens with zero attached hydrogens (tertiary/aromatic N) is 4. The summed E-state index contributed by atoms with van der Waals surface area (Å²) in [4.78, 5) is 41.0. The van der Waals surface area contributed by atoms with Crippen LogP contribution in [0.15, 0.2) is 20.0 Å². The highest BCUT2D eigenvalue weighted by atomic mass is 16.6. The number of carbonyl (C=O) groups excluding carboxylic acids is 2. The zero-order valence-corrected chi connectivity index (χ0v) is 14.6. The van der Waals surface area contributed by atoms with Gasteiger partial charge < -0.3 is 9.47 Å². The lowest BCUT2D eigenvalue weighted by Crippen LogP contribution is -2.63. The zero-order chi connectivity index (χ0) is 18.2. The van der Waals surface area contributed by atoms with Gasteiger partial charge >= 0.3 is 12.1 Å². The second-order valence-electron chi connectivity index (χ2n) is 7.26. The molecule has 0 bridgehead atoms. The van der Waals surface area contributed by atoms with Crippen molar-refractivity contribution in [2.75, 3.05) is 0 Å². The molecule has 0 saturated carbocycles. The molecule has 0 saturated heterocycles. The summed E-state index contributed by atoms with van der Waals surface area (Å²) < 4.78 is 10.6. The summed E-state index contributed by atoms with van der Waals surface area (Å²) in [6.45, 7) is 10.3. The number of carbonyl (C=O) groups is 2. The summed E-state index contributed by atoms with van der Waals surface area (Å²) in [5.74, 6) is -0.610. The van der Waals surface area contributed by atoms with Crippen LogP contribution in [-0.2, 0) is 14.3 Å². The summed E-state index contributed by atoms with van der Waals surface area (Å²) in [6, 6.07) is 0. The molecule has 24 heavy (non-hydrogen) atoms. The van der Waals surface area contributed by atoms with E-state index in [9.17, 15) is 9.59 Å². The normalized spacial score (nSPS) is 22.4. The van der Waals surface area contributed by atoms with E-state index in [1.165, 1.54) is 6.34 Å². The molecule has 1 atom stereocenters. The van der Waals surface area contributed by atoms with Gasteiger partial charge in [-0.25, -0.2) is 29.6 Å². The lowest BCUT2D eigenvalue weighted by atomic mass is 10.0. The molecule has 2 aliphatic rings. The molecule has 0 aliphatic carbocycles. The van der Waals surface area contributed by atoms with E-state index < -0.39 is 28.9 Å². The van der Waals surface area contributed by atoms with Crippen LogP contribution in [-0.4, -0.2) is 53.2 Å². The Labute approximate surface area is 140 Å². The third-order valence-corrected chi connectivity index (χ3v) is 2.73. The van der Waals surface area contributed by atoms with Crippen LogP contribution in [0, 0.1) is 0 Å². The van der Waals surface area contributed by atoms with Gasteiger partial charge in [0.05, 0.1) is 0 Å². The number of amides is 1. The van der Waals surface area contributed by atoms with Crippen molar-refractivity contribution in [2.24, 2.45) is 20.0 Å². The summed E-state index contributed by atoms with van der Waals surface area (Å²) in [6.07, 6.45) is 1.54. The van der Waals surface area contributed by atoms with E-state index in [2.05, 4.69) is 25.3 Å². The van der Waals surface area contributed by atoms with Crippen molar-refractivity contribution in [3.63, 3.8) is 0 Å². The second kappa shape index (κ2) is 5.81. The van der Waals surface area contributed by atoms with Crippen molar-refractivity contribution in [1.29, 1.82) is 0 Å². The highest BCUT2D eigenvalue weighted by molar-refractivity contribution is 6.54. The van der Waals surface area contributed by atoms with Gasteiger partial charge in [-0.3, -0.25) is 5.32 Å². The van der Waals surface area contributed by atoms with E-state index >= 15 is 0 Å². The molecule has 1 unspecified atom stereocenters. The Bertz CT molecular complexity index is 679. The van der Waals surface area contributed by atoms with Crippen molar-refractivity contribution in [1.82, 2.24) is 5.32 Å². The second-order valence-corrected chi connectivity index (χ2v) is 7.26. The Kier molecular flexibility index (Phi) is 4.30. The fraction of sp³-hybridized carbons (Fsp3) is 0.600. The highest BCUT2D eigenvalue weighted by Gasteiger charge is 2.52. The maximum atomic E-state index is 12.8. The number of fused-ring (bicyclic) bond motifs is 1. The molecular formula is C15H21N5O4. The van der Waals surface area contributed by atoms with E-state index in [0.717, 1.165) is 6.34 Å². The standard InChI is InChI=1S/C15H21N5O4/c1-13(2,3)23-11(21)15(20-12(22)24-14(4,5)6)9-10(17-7-16-9)18-8-19-15/h7-8H,1-6H3,(H,20,22). The Balaban J connectivity index is 2.37. The van der Waals surface area contributed by atoms with Gasteiger partial charge in [-0.15, -0.1) is 0 Å². The molecule has 1 N–H and O–H groups in total. The lowest BCUT2D eigenvalue weighted by Gasteiger charge is -2.33. The number of hydrogen-bond acceptors (Lipinski definition) is 8. The molecule has 0 aromatic carbocycles. The van der Waals surface area contributed by atoms with E-state index in [0.29, 0.717) is 0 Å². The first-order valence-electron chi connectivity index (χ1n) is 7.40. The van der Waals surface area contributed by atoms with Crippen molar-refractivity contribution in [2.45, 2.75) is 58.4 Å². The van der Waals surface area contributed by atoms with Gasteiger partial charge in [0.25, 0.3) is 5.66 Å². The predicted molar refractivity (Wildman–Crippen MR) is 89.8 cm³/mol. The molecule has 0 aromatic heterocycles. The molecule has 0 fully saturated rings. The molecule has 130 valence electrons. The summed E-state index contributed by atoms with van der Waals surface area (Å²) in [7, 11) is 0. The number of ether oxygens (including phenoxy) is 2. The van der Waals surface area contributed by atoms with Crippen LogP contribution in [0.2, 0.25) is 0 Å². The number of esters is 1. The van der Waals surface area contributed by atoms with Crippen LogP contribution in [0.25, 0.3) is 0 Å². The number of rotatable bonds is 2. The molecule has 2 heterocycles. The third-order valence-electron chi connectivity index (χ3n) is 2.73. The minimum Gasteiger partial charge on any atom is -0.456 e. The fourth-order valence-electron chi connectivity index (χ4n) is 1.94. The molecule has 2 aliphatic heterocycles. The Hall–Kier alpha value is -2.58. The highest BCUT2D eigenvalue weighted by Crippen LogP contribution is 2.23. The van der Waals surface area contributed by atoms with Gasteiger partial charge in [0.2, 0.25) is 0 Å². The van der Waals surface area contributed by atoms with E-state index in [1.807, 2.05) is 0 Å². The Morgan fingerprint density at radius 1 is 1.00 bits per heavy atom. The summed E-state index contributed by atoms with van der Waals surface area (Å²) >= 11 is 0. The average molecular weight is 335 g/mol. The molecule has 0 aromatic rings. The van der Waals surface area contributed by atoms with Crippen LogP contribution >= 0.6 is 0 Å². The molecule has 2 rings (SSSR count). The monoisotopic (exact) mass is 335 g/mol. The van der Waals surface area contributed by atoms with Crippen LogP contribution in [0.1, 0.15) is 41.5 Å². The molecule has 9 nitrogen and oxygen atoms in total. The van der Waals surface area contributed by atoms with Gasteiger partial charge in [0.1, 0.15) is 29.6 Å². The minimum absolute atomic E-state index is 0.0881. The van der Waals surface area contributed by atoms with Crippen molar-refractivity contribution in [3.05, 3.63) is 0 Å². The number of aliphatic imine (C=N–C) groups is 4. The van der Waals surface area contributed by atoms with E-state index in [-0.39, 0.29) is 11.5 Å². The van der Waals surface area contributed by atoms with Crippen molar-refractivity contribution >= 4 is 36.3 Å². The first kappa shape index (κ1) is 17.8. The zero-order valence-electron chi connectivity index (χ0n) is 14.6. The third kappa shape index (κ3) is 3.84. The average Bonchev–Trinajstić information content (AvgIpc) is 2.83. The Morgan fingerprint density at radius 3 is 2.21 bits per heavy atom. The molecule has 0 radical (unpaired) electrons. The predicted octanol–water partition coefficient (Wildman–Crippen LogP) is 1.47. The SMILES string of the molecule is CC(C)(C)OC(=O)NC1(C(=O)OC(C)(C)C)N=CN=C2N=CN=C21. The largest absolute Gasteiger partial charge is 0.456 e. The smallest absolute Gasteiger partial charge is 0.410 e. The number of hydrogen-bond donors (Lipinski definition) is 1. The van der Waals surface area contributed by atoms with Gasteiger partial charge in [0.15, 0.2) is 5.84 Å². The molecule has 1 amide bonds. The van der Waals surface area contributed by atoms with Gasteiger partial charge in [0, 0.05) is 0 Å². The van der Waals surface area contributed by atoms with Crippen molar-refractivity contribution in [3.8, 4) is 0 Å². The van der Waals surface area contributed by atoms with Crippen LogP contribution in [0.3, 0.4) is 0 Å². The maximum Gasteiger partial charge on any atom is 0.410 e. The van der Waals surface area contributed by atoms with Crippen LogP contribution in [0.5, 0.6) is 0 Å². The molecular weight excluding hydrogens is 314 g/mol. The lowest BCUT2D eigenvalue weighted by molar-refractivity contribution is -0.159. The van der Waals surface area contributed by atoms with Crippen molar-refractivity contribution < 1.29 is 19.1 Å². The Morgan fingerprint density at radius 2 is 1.62 bits per heavy atom. The summed E-state index contributed by atoms with van der Waals surface area (Å²) in [5.41, 5.74) is -3.33. The quantitative estimate of drug-likeness (QED) is 0.770. The van der Waals surface area contributed by atoms with Crippen LogP contribution in [0.4, 0.5) is 4.79 Å². The van der Waals surface area contributed by atoms with Gasteiger partial charge in [-0.1, -0.05) is 0 Å². The topological polar surface area (TPSA) is 114 Å². The first-order chi connectivity index (χ1) is 10.9. The molecule has 0 spiro atoms. The van der Waals surface area contributed by atoms with Gasteiger partial charge in [-0.2, -0.15) is 0 Å². The van der Waals surface area contributed by atoms with E-state index in [4.69, 9.17) is 9.47 Å². The maximum absolute atomic E-state index is 12.8. The number of nitrogens with one attached hydrogen (secondary N) is 1. The number of alkyl carbamates (subject to hydrolysis) is 1. The summed E-state index contributed by atoms with van der Waals surface area (Å²) in [5, 5.41) is 2.46. The van der Waals surface area contributed by atoms with Gasteiger partial charge in [-0.05, 0) is 41.5 Å². The van der Waals surface area contributed by atoms with E-state index in [1.54, 1.807) is 41.5 Å². The molecule has 9 heteroatoms.